The molecule has 0 spiro atoms. The monoisotopic (exact) mass is 263 g/mol. The van der Waals surface area contributed by atoms with Crippen LogP contribution in [0, 0.1) is 11.8 Å². The highest BCUT2D eigenvalue weighted by Crippen LogP contribution is 2.31. The van der Waals surface area contributed by atoms with Crippen LogP contribution in [0.15, 0.2) is 6.33 Å². The topological polar surface area (TPSA) is 67.1 Å². The maximum Gasteiger partial charge on any atom is 0.148 e. The van der Waals surface area contributed by atoms with Crippen molar-refractivity contribution >= 4 is 11.6 Å². The third kappa shape index (κ3) is 2.97. The van der Waals surface area contributed by atoms with Gasteiger partial charge in [0.2, 0.25) is 0 Å². The Hall–Kier alpha value is -1.36. The van der Waals surface area contributed by atoms with Crippen LogP contribution in [0.25, 0.3) is 0 Å². The van der Waals surface area contributed by atoms with Gasteiger partial charge in [-0.25, -0.2) is 15.8 Å². The number of hydrogen-bond donors (Lipinski definition) is 2. The molecule has 1 aliphatic rings. The summed E-state index contributed by atoms with van der Waals surface area (Å²) in [5, 5.41) is 0. The van der Waals surface area contributed by atoms with E-state index in [2.05, 4.69) is 41.1 Å². The van der Waals surface area contributed by atoms with Gasteiger partial charge in [-0.2, -0.15) is 0 Å². The fraction of sp³-hybridized carbons (Fsp3) is 0.714. The van der Waals surface area contributed by atoms with E-state index < -0.39 is 0 Å². The molecule has 0 aliphatic carbocycles. The van der Waals surface area contributed by atoms with E-state index in [0.717, 1.165) is 55.0 Å². The number of nitrogens with two attached hydrogens (primary N) is 1. The third-order valence-corrected chi connectivity index (χ3v) is 4.03. The second kappa shape index (κ2) is 6.19. The summed E-state index contributed by atoms with van der Waals surface area (Å²) in [6.07, 6.45) is 4.88. The van der Waals surface area contributed by atoms with Gasteiger partial charge in [0.05, 0.1) is 0 Å². The Morgan fingerprint density at radius 3 is 2.84 bits per heavy atom. The smallest absolute Gasteiger partial charge is 0.148 e. The first kappa shape index (κ1) is 14.1. The fourth-order valence-corrected chi connectivity index (χ4v) is 2.80. The van der Waals surface area contributed by atoms with Crippen molar-refractivity contribution in [3.63, 3.8) is 0 Å². The van der Waals surface area contributed by atoms with Crippen molar-refractivity contribution in [3.8, 4) is 0 Å². The molecule has 106 valence electrons. The number of nitrogen functional groups attached to an aromatic ring is 1. The Kier molecular flexibility index (Phi) is 4.58. The number of nitrogens with one attached hydrogen (secondary N) is 1. The van der Waals surface area contributed by atoms with Gasteiger partial charge in [-0.05, 0) is 24.7 Å². The quantitative estimate of drug-likeness (QED) is 0.629. The molecule has 19 heavy (non-hydrogen) atoms. The molecule has 1 unspecified atom stereocenters. The summed E-state index contributed by atoms with van der Waals surface area (Å²) in [5.41, 5.74) is 3.85. The molecule has 2 rings (SSSR count). The lowest BCUT2D eigenvalue weighted by Gasteiger charge is -2.22. The minimum atomic E-state index is 0.730. The average Bonchev–Trinajstić information content (AvgIpc) is 2.89. The van der Waals surface area contributed by atoms with Crippen molar-refractivity contribution in [3.05, 3.63) is 11.9 Å². The van der Waals surface area contributed by atoms with Crippen LogP contribution in [0.2, 0.25) is 0 Å². The van der Waals surface area contributed by atoms with Crippen molar-refractivity contribution in [2.75, 3.05) is 23.4 Å². The van der Waals surface area contributed by atoms with Crippen molar-refractivity contribution in [2.45, 2.75) is 40.0 Å². The molecule has 1 aromatic heterocycles. The normalized spacial score (nSPS) is 19.2. The highest BCUT2D eigenvalue weighted by atomic mass is 15.3. The fourth-order valence-electron chi connectivity index (χ4n) is 2.80. The van der Waals surface area contributed by atoms with E-state index in [1.165, 1.54) is 6.42 Å². The lowest BCUT2D eigenvalue weighted by Crippen LogP contribution is -2.25. The van der Waals surface area contributed by atoms with E-state index in [-0.39, 0.29) is 0 Å². The van der Waals surface area contributed by atoms with Gasteiger partial charge in [0, 0.05) is 18.7 Å². The lowest BCUT2D eigenvalue weighted by atomic mass is 9.95. The number of nitrogens with zero attached hydrogens (tertiary/aromatic N) is 3. The van der Waals surface area contributed by atoms with Crippen LogP contribution >= 0.6 is 0 Å². The second-order valence-corrected chi connectivity index (χ2v) is 5.66. The second-order valence-electron chi connectivity index (χ2n) is 5.66. The predicted molar refractivity (Wildman–Crippen MR) is 79.0 cm³/mol. The van der Waals surface area contributed by atoms with Crippen molar-refractivity contribution in [2.24, 2.45) is 17.7 Å². The number of anilines is 2. The standard InChI is InChI=1S/C14H25N5/c1-4-5-12-13(18-15)16-9-17-14(12)19-7-6-11(8-19)10(2)3/h9-11H,4-8,15H2,1-3H3,(H,16,17,18). The zero-order valence-corrected chi connectivity index (χ0v) is 12.2. The Bertz CT molecular complexity index is 418. The predicted octanol–water partition coefficient (Wildman–Crippen LogP) is 2.20. The zero-order valence-electron chi connectivity index (χ0n) is 12.2. The number of hydrogen-bond acceptors (Lipinski definition) is 5. The van der Waals surface area contributed by atoms with E-state index in [9.17, 15) is 0 Å². The zero-order chi connectivity index (χ0) is 13.8. The third-order valence-electron chi connectivity index (χ3n) is 4.03. The highest BCUT2D eigenvalue weighted by molar-refractivity contribution is 5.58. The molecule has 1 aliphatic heterocycles. The molecule has 5 nitrogen and oxygen atoms in total. The maximum absolute atomic E-state index is 5.57. The molecule has 0 bridgehead atoms. The van der Waals surface area contributed by atoms with Crippen LogP contribution in [0.3, 0.4) is 0 Å². The van der Waals surface area contributed by atoms with Crippen molar-refractivity contribution in [1.29, 1.82) is 0 Å². The summed E-state index contributed by atoms with van der Waals surface area (Å²) in [6, 6.07) is 0. The van der Waals surface area contributed by atoms with Gasteiger partial charge in [-0.3, -0.25) is 0 Å². The molecule has 2 heterocycles. The van der Waals surface area contributed by atoms with Crippen LogP contribution in [0.5, 0.6) is 0 Å². The summed E-state index contributed by atoms with van der Waals surface area (Å²) in [4.78, 5) is 11.1. The summed E-state index contributed by atoms with van der Waals surface area (Å²) >= 11 is 0. The number of rotatable bonds is 5. The molecule has 1 fully saturated rings. The molecule has 1 atom stereocenters. The molecule has 0 amide bonds. The molecular formula is C14H25N5. The van der Waals surface area contributed by atoms with E-state index in [0.29, 0.717) is 0 Å². The van der Waals surface area contributed by atoms with Gasteiger partial charge in [0.1, 0.15) is 18.0 Å². The van der Waals surface area contributed by atoms with Gasteiger partial charge in [0.15, 0.2) is 0 Å². The molecule has 0 aromatic carbocycles. The van der Waals surface area contributed by atoms with Gasteiger partial charge >= 0.3 is 0 Å². The maximum atomic E-state index is 5.57. The highest BCUT2D eigenvalue weighted by Gasteiger charge is 2.27. The first-order valence-electron chi connectivity index (χ1n) is 7.22. The molecule has 3 N–H and O–H groups in total. The Balaban J connectivity index is 2.24. The molecule has 1 aromatic rings. The van der Waals surface area contributed by atoms with Gasteiger partial charge < -0.3 is 10.3 Å². The number of hydrazine groups is 1. The van der Waals surface area contributed by atoms with Crippen LogP contribution in [-0.2, 0) is 6.42 Å². The average molecular weight is 263 g/mol. The van der Waals surface area contributed by atoms with Crippen molar-refractivity contribution < 1.29 is 0 Å². The van der Waals surface area contributed by atoms with Gasteiger partial charge in [0.25, 0.3) is 0 Å². The van der Waals surface area contributed by atoms with E-state index >= 15 is 0 Å². The van der Waals surface area contributed by atoms with E-state index in [1.807, 2.05) is 0 Å². The van der Waals surface area contributed by atoms with Crippen LogP contribution < -0.4 is 16.2 Å². The van der Waals surface area contributed by atoms with Crippen LogP contribution in [0.4, 0.5) is 11.6 Å². The number of aromatic nitrogens is 2. The molecule has 0 radical (unpaired) electrons. The lowest BCUT2D eigenvalue weighted by molar-refractivity contribution is 0.422. The SMILES string of the molecule is CCCc1c(NN)ncnc1N1CCC(C(C)C)C1. The Labute approximate surface area is 115 Å². The molecule has 0 saturated carbocycles. The molecular weight excluding hydrogens is 238 g/mol. The van der Waals surface area contributed by atoms with Gasteiger partial charge in [-0.1, -0.05) is 27.2 Å². The van der Waals surface area contributed by atoms with Crippen LogP contribution in [0.1, 0.15) is 39.2 Å². The van der Waals surface area contributed by atoms with Gasteiger partial charge in [-0.15, -0.1) is 0 Å². The summed E-state index contributed by atoms with van der Waals surface area (Å²) in [7, 11) is 0. The Morgan fingerprint density at radius 1 is 1.47 bits per heavy atom. The largest absolute Gasteiger partial charge is 0.356 e. The molecule has 1 saturated heterocycles. The van der Waals surface area contributed by atoms with E-state index in [4.69, 9.17) is 5.84 Å². The Morgan fingerprint density at radius 2 is 2.26 bits per heavy atom. The van der Waals surface area contributed by atoms with Crippen LogP contribution in [-0.4, -0.2) is 23.1 Å². The molecule has 5 heteroatoms. The minimum Gasteiger partial charge on any atom is -0.356 e. The first-order chi connectivity index (χ1) is 9.17. The van der Waals surface area contributed by atoms with Crippen molar-refractivity contribution in [1.82, 2.24) is 9.97 Å². The minimum absolute atomic E-state index is 0.730. The van der Waals surface area contributed by atoms with E-state index in [1.54, 1.807) is 6.33 Å². The summed E-state index contributed by atoms with van der Waals surface area (Å²) in [5.74, 6) is 8.88. The summed E-state index contributed by atoms with van der Waals surface area (Å²) < 4.78 is 0. The first-order valence-corrected chi connectivity index (χ1v) is 7.22. The summed E-state index contributed by atoms with van der Waals surface area (Å²) in [6.45, 7) is 8.94.